The van der Waals surface area contributed by atoms with Crippen molar-refractivity contribution in [1.29, 1.82) is 0 Å². The first-order valence-electron chi connectivity index (χ1n) is 10.6. The maximum Gasteiger partial charge on any atom is 0.338 e. The van der Waals surface area contributed by atoms with Gasteiger partial charge in [0.1, 0.15) is 4.90 Å². The molecule has 1 amide bonds. The van der Waals surface area contributed by atoms with Gasteiger partial charge in [0.2, 0.25) is 10.0 Å². The van der Waals surface area contributed by atoms with Gasteiger partial charge in [-0.2, -0.15) is 0 Å². The number of sulfonamides is 1. The van der Waals surface area contributed by atoms with Crippen LogP contribution in [-0.4, -0.2) is 45.7 Å². The minimum Gasteiger partial charge on any atom is -0.449 e. The first-order valence-corrected chi connectivity index (χ1v) is 12.4. The third-order valence-electron chi connectivity index (χ3n) is 5.36. The van der Waals surface area contributed by atoms with Gasteiger partial charge in [-0.1, -0.05) is 29.8 Å². The standard InChI is InChI=1S/C23H27ClN2O6S/c1-14-6-4-7-15(2)21(14)26-22(27)16(3)32-23(28)17-9-10-19(24)20(12-17)33(29,30)25-13-18-8-5-11-31-18/h4,6-7,9-10,12,16,18,25H,5,8,11,13H2,1-3H3,(H,26,27). The number of halogens is 1. The summed E-state index contributed by atoms with van der Waals surface area (Å²) in [6, 6.07) is 9.40. The molecule has 8 nitrogen and oxygen atoms in total. The van der Waals surface area contributed by atoms with Crippen molar-refractivity contribution in [2.75, 3.05) is 18.5 Å². The number of para-hydroxylation sites is 1. The summed E-state index contributed by atoms with van der Waals surface area (Å²) in [7, 11) is -3.98. The molecule has 0 aliphatic carbocycles. The Morgan fingerprint density at radius 2 is 1.91 bits per heavy atom. The van der Waals surface area contributed by atoms with E-state index in [4.69, 9.17) is 21.1 Å². The van der Waals surface area contributed by atoms with Crippen molar-refractivity contribution in [2.24, 2.45) is 0 Å². The van der Waals surface area contributed by atoms with E-state index in [-0.39, 0.29) is 28.1 Å². The predicted molar refractivity (Wildman–Crippen MR) is 125 cm³/mol. The Balaban J connectivity index is 1.68. The van der Waals surface area contributed by atoms with E-state index in [0.29, 0.717) is 12.3 Å². The van der Waals surface area contributed by atoms with Crippen LogP contribution in [0.15, 0.2) is 41.3 Å². The molecule has 2 atom stereocenters. The van der Waals surface area contributed by atoms with Gasteiger partial charge in [-0.3, -0.25) is 4.79 Å². The van der Waals surface area contributed by atoms with Crippen molar-refractivity contribution in [1.82, 2.24) is 4.72 Å². The maximum absolute atomic E-state index is 12.7. The molecule has 1 aliphatic rings. The number of hydrogen-bond acceptors (Lipinski definition) is 6. The highest BCUT2D eigenvalue weighted by Crippen LogP contribution is 2.24. The molecule has 178 valence electrons. The van der Waals surface area contributed by atoms with Gasteiger partial charge in [0.05, 0.1) is 16.7 Å². The van der Waals surface area contributed by atoms with Gasteiger partial charge in [0, 0.05) is 18.8 Å². The number of rotatable bonds is 8. The van der Waals surface area contributed by atoms with Crippen LogP contribution in [0.1, 0.15) is 41.3 Å². The van der Waals surface area contributed by atoms with Crippen LogP contribution in [0.5, 0.6) is 0 Å². The maximum atomic E-state index is 12.7. The van der Waals surface area contributed by atoms with Gasteiger partial charge in [-0.05, 0) is 62.9 Å². The fraction of sp³-hybridized carbons (Fsp3) is 0.391. The van der Waals surface area contributed by atoms with Crippen molar-refractivity contribution in [3.63, 3.8) is 0 Å². The van der Waals surface area contributed by atoms with E-state index in [0.717, 1.165) is 30.0 Å². The summed E-state index contributed by atoms with van der Waals surface area (Å²) in [5, 5.41) is 2.73. The van der Waals surface area contributed by atoms with Crippen LogP contribution in [0, 0.1) is 13.8 Å². The molecule has 2 aromatic carbocycles. The molecule has 0 spiro atoms. The monoisotopic (exact) mass is 494 g/mol. The highest BCUT2D eigenvalue weighted by molar-refractivity contribution is 7.89. The van der Waals surface area contributed by atoms with Crippen LogP contribution in [0.25, 0.3) is 0 Å². The molecule has 1 fully saturated rings. The minimum atomic E-state index is -3.98. The van der Waals surface area contributed by atoms with Gasteiger partial charge in [0.15, 0.2) is 6.10 Å². The average molecular weight is 495 g/mol. The van der Waals surface area contributed by atoms with Crippen LogP contribution in [0.2, 0.25) is 5.02 Å². The van der Waals surface area contributed by atoms with Crippen LogP contribution >= 0.6 is 11.6 Å². The zero-order valence-corrected chi connectivity index (χ0v) is 20.3. The highest BCUT2D eigenvalue weighted by atomic mass is 35.5. The lowest BCUT2D eigenvalue weighted by Crippen LogP contribution is -2.32. The molecule has 0 saturated carbocycles. The zero-order valence-electron chi connectivity index (χ0n) is 18.7. The summed E-state index contributed by atoms with van der Waals surface area (Å²) >= 11 is 6.09. The number of carbonyl (C=O) groups is 2. The normalized spacial score (nSPS) is 16.9. The topological polar surface area (TPSA) is 111 Å². The van der Waals surface area contributed by atoms with Gasteiger partial charge in [-0.25, -0.2) is 17.9 Å². The van der Waals surface area contributed by atoms with Crippen molar-refractivity contribution < 1.29 is 27.5 Å². The van der Waals surface area contributed by atoms with E-state index in [2.05, 4.69) is 10.0 Å². The molecule has 1 aliphatic heterocycles. The number of aryl methyl sites for hydroxylation is 2. The highest BCUT2D eigenvalue weighted by Gasteiger charge is 2.25. The second-order valence-electron chi connectivity index (χ2n) is 7.94. The minimum absolute atomic E-state index is 0.0350. The SMILES string of the molecule is Cc1cccc(C)c1NC(=O)C(C)OC(=O)c1ccc(Cl)c(S(=O)(=O)NCC2CCCO2)c1. The number of ether oxygens (including phenoxy) is 2. The number of hydrogen-bond donors (Lipinski definition) is 2. The summed E-state index contributed by atoms with van der Waals surface area (Å²) < 4.78 is 38.6. The molecule has 2 aromatic rings. The molecule has 0 bridgehead atoms. The number of esters is 1. The molecular weight excluding hydrogens is 468 g/mol. The van der Waals surface area contributed by atoms with Gasteiger partial charge in [0.25, 0.3) is 5.91 Å². The Bertz CT molecular complexity index is 1130. The predicted octanol–water partition coefficient (Wildman–Crippen LogP) is 3.60. The van der Waals surface area contributed by atoms with E-state index in [1.54, 1.807) is 0 Å². The fourth-order valence-corrected chi connectivity index (χ4v) is 5.03. The number of nitrogens with one attached hydrogen (secondary N) is 2. The quantitative estimate of drug-likeness (QED) is 0.542. The molecule has 0 aromatic heterocycles. The molecule has 2 N–H and O–H groups in total. The largest absolute Gasteiger partial charge is 0.449 e. The van der Waals surface area contributed by atoms with E-state index < -0.39 is 28.0 Å². The molecular formula is C23H27ClN2O6S. The van der Waals surface area contributed by atoms with Crippen LogP contribution in [0.3, 0.4) is 0 Å². The molecule has 3 rings (SSSR count). The lowest BCUT2D eigenvalue weighted by atomic mass is 10.1. The van der Waals surface area contributed by atoms with E-state index in [9.17, 15) is 18.0 Å². The van der Waals surface area contributed by atoms with Crippen LogP contribution in [0.4, 0.5) is 5.69 Å². The molecule has 10 heteroatoms. The van der Waals surface area contributed by atoms with E-state index >= 15 is 0 Å². The summed E-state index contributed by atoms with van der Waals surface area (Å²) in [6.45, 7) is 5.88. The third-order valence-corrected chi connectivity index (χ3v) is 7.27. The fourth-order valence-electron chi connectivity index (χ4n) is 3.44. The first kappa shape index (κ1) is 25.2. The van der Waals surface area contributed by atoms with Crippen molar-refractivity contribution in [3.8, 4) is 0 Å². The first-order chi connectivity index (χ1) is 15.6. The Morgan fingerprint density at radius 1 is 1.21 bits per heavy atom. The lowest BCUT2D eigenvalue weighted by Gasteiger charge is -2.17. The third kappa shape index (κ3) is 6.32. The molecule has 2 unspecified atom stereocenters. The summed E-state index contributed by atoms with van der Waals surface area (Å²) in [5.74, 6) is -1.34. The summed E-state index contributed by atoms with van der Waals surface area (Å²) in [4.78, 5) is 24.9. The zero-order chi connectivity index (χ0) is 24.2. The van der Waals surface area contributed by atoms with Gasteiger partial charge >= 0.3 is 5.97 Å². The molecule has 33 heavy (non-hydrogen) atoms. The van der Waals surface area contributed by atoms with Gasteiger partial charge in [-0.15, -0.1) is 0 Å². The molecule has 1 saturated heterocycles. The van der Waals surface area contributed by atoms with Crippen molar-refractivity contribution in [3.05, 3.63) is 58.1 Å². The molecule has 1 heterocycles. The number of carbonyl (C=O) groups excluding carboxylic acids is 2. The number of amides is 1. The van der Waals surface area contributed by atoms with Crippen molar-refractivity contribution in [2.45, 2.75) is 50.7 Å². The summed E-state index contributed by atoms with van der Waals surface area (Å²) in [6.07, 6.45) is 0.349. The van der Waals surface area contributed by atoms with Crippen LogP contribution in [-0.2, 0) is 24.3 Å². The lowest BCUT2D eigenvalue weighted by molar-refractivity contribution is -0.123. The Hall–Kier alpha value is -2.46. The smallest absolute Gasteiger partial charge is 0.338 e. The molecule has 0 radical (unpaired) electrons. The Kier molecular flexibility index (Phi) is 8.12. The Morgan fingerprint density at radius 3 is 2.55 bits per heavy atom. The average Bonchev–Trinajstić information content (AvgIpc) is 3.29. The van der Waals surface area contributed by atoms with Crippen LogP contribution < -0.4 is 10.0 Å². The second kappa shape index (κ2) is 10.6. The Labute approximate surface area is 198 Å². The second-order valence-corrected chi connectivity index (χ2v) is 10.1. The summed E-state index contributed by atoms with van der Waals surface area (Å²) in [5.41, 5.74) is 2.38. The van der Waals surface area contributed by atoms with Crippen molar-refractivity contribution >= 4 is 39.2 Å². The van der Waals surface area contributed by atoms with Gasteiger partial charge < -0.3 is 14.8 Å². The van der Waals surface area contributed by atoms with E-state index in [1.807, 2.05) is 32.0 Å². The number of anilines is 1. The van der Waals surface area contributed by atoms with E-state index in [1.165, 1.54) is 19.1 Å². The number of benzene rings is 2.